The summed E-state index contributed by atoms with van der Waals surface area (Å²) in [7, 11) is -3.49. The summed E-state index contributed by atoms with van der Waals surface area (Å²) < 4.78 is 27.4. The van der Waals surface area contributed by atoms with Crippen molar-refractivity contribution in [2.75, 3.05) is 19.6 Å². The van der Waals surface area contributed by atoms with Crippen LogP contribution in [-0.2, 0) is 10.0 Å². The van der Waals surface area contributed by atoms with Crippen LogP contribution >= 0.6 is 0 Å². The zero-order chi connectivity index (χ0) is 18.6. The minimum atomic E-state index is -3.49. The number of carbonyl (C=O) groups is 1. The maximum Gasteiger partial charge on any atom is 0.255 e. The minimum Gasteiger partial charge on any atom is -0.339 e. The van der Waals surface area contributed by atoms with Crippen LogP contribution in [0.5, 0.6) is 0 Å². The van der Waals surface area contributed by atoms with E-state index in [0.717, 1.165) is 18.4 Å². The second-order valence-electron chi connectivity index (χ2n) is 6.64. The predicted molar refractivity (Wildman–Crippen MR) is 99.2 cm³/mol. The van der Waals surface area contributed by atoms with E-state index in [-0.39, 0.29) is 16.7 Å². The van der Waals surface area contributed by atoms with E-state index in [2.05, 4.69) is 9.71 Å². The van der Waals surface area contributed by atoms with Gasteiger partial charge < -0.3 is 4.90 Å². The van der Waals surface area contributed by atoms with Gasteiger partial charge in [0.2, 0.25) is 10.0 Å². The number of nitrogens with one attached hydrogen (secondary N) is 1. The number of aromatic nitrogens is 1. The van der Waals surface area contributed by atoms with Gasteiger partial charge in [0.05, 0.1) is 10.5 Å². The molecule has 2 aromatic rings. The number of sulfonamides is 1. The zero-order valence-electron chi connectivity index (χ0n) is 14.8. The van der Waals surface area contributed by atoms with Crippen molar-refractivity contribution < 1.29 is 13.2 Å². The fraction of sp³-hybridized carbons (Fsp3) is 0.368. The highest BCUT2D eigenvalue weighted by atomic mass is 32.2. The number of likely N-dealkylation sites (tertiary alicyclic amines) is 1. The number of piperidine rings is 1. The Hall–Kier alpha value is -2.25. The lowest BCUT2D eigenvalue weighted by atomic mass is 9.97. The topological polar surface area (TPSA) is 79.4 Å². The summed E-state index contributed by atoms with van der Waals surface area (Å²) in [6.45, 7) is 3.57. The number of nitrogens with zero attached hydrogens (tertiary/aromatic N) is 2. The molecule has 3 rings (SSSR count). The van der Waals surface area contributed by atoms with E-state index < -0.39 is 10.0 Å². The molecule has 1 aliphatic rings. The Labute approximate surface area is 154 Å². The van der Waals surface area contributed by atoms with Gasteiger partial charge in [0.25, 0.3) is 5.91 Å². The van der Waals surface area contributed by atoms with Gasteiger partial charge in [0.15, 0.2) is 0 Å². The molecule has 0 spiro atoms. The molecule has 1 aromatic heterocycles. The lowest BCUT2D eigenvalue weighted by Gasteiger charge is -2.32. The summed E-state index contributed by atoms with van der Waals surface area (Å²) >= 11 is 0. The zero-order valence-corrected chi connectivity index (χ0v) is 15.6. The highest BCUT2D eigenvalue weighted by Gasteiger charge is 2.25. The Morgan fingerprint density at radius 2 is 1.88 bits per heavy atom. The number of hydrogen-bond donors (Lipinski definition) is 1. The van der Waals surface area contributed by atoms with Crippen molar-refractivity contribution in [2.45, 2.75) is 24.7 Å². The number of hydrogen-bond acceptors (Lipinski definition) is 4. The summed E-state index contributed by atoms with van der Waals surface area (Å²) in [4.78, 5) is 18.5. The molecule has 7 heteroatoms. The summed E-state index contributed by atoms with van der Waals surface area (Å²) in [6.07, 6.45) is 4.78. The van der Waals surface area contributed by atoms with Crippen LogP contribution in [0.3, 0.4) is 0 Å². The molecule has 1 saturated heterocycles. The van der Waals surface area contributed by atoms with Crippen molar-refractivity contribution in [2.24, 2.45) is 5.92 Å². The standard InChI is InChI=1S/C19H23N3O3S/c1-15-4-6-18(7-5-15)26(24,25)21-13-16-8-11-22(12-9-16)19(23)17-3-2-10-20-14-17/h2-7,10,14,16,21H,8-9,11-13H2,1H3. The lowest BCUT2D eigenvalue weighted by Crippen LogP contribution is -2.41. The molecule has 2 heterocycles. The van der Waals surface area contributed by atoms with Gasteiger partial charge in [0, 0.05) is 32.0 Å². The van der Waals surface area contributed by atoms with Crippen LogP contribution in [0, 0.1) is 12.8 Å². The molecule has 6 nitrogen and oxygen atoms in total. The second kappa shape index (κ2) is 7.97. The van der Waals surface area contributed by atoms with Crippen LogP contribution in [-0.4, -0.2) is 43.8 Å². The summed E-state index contributed by atoms with van der Waals surface area (Å²) in [5.41, 5.74) is 1.61. The van der Waals surface area contributed by atoms with Gasteiger partial charge in [-0.25, -0.2) is 13.1 Å². The number of amides is 1. The molecular formula is C19H23N3O3S. The second-order valence-corrected chi connectivity index (χ2v) is 8.41. The molecule has 26 heavy (non-hydrogen) atoms. The van der Waals surface area contributed by atoms with E-state index in [0.29, 0.717) is 25.2 Å². The Morgan fingerprint density at radius 3 is 2.50 bits per heavy atom. The van der Waals surface area contributed by atoms with Gasteiger partial charge >= 0.3 is 0 Å². The first-order valence-electron chi connectivity index (χ1n) is 8.71. The fourth-order valence-electron chi connectivity index (χ4n) is 3.04. The number of benzene rings is 1. The first-order valence-corrected chi connectivity index (χ1v) is 10.2. The smallest absolute Gasteiger partial charge is 0.255 e. The SMILES string of the molecule is Cc1ccc(S(=O)(=O)NCC2CCN(C(=O)c3cccnc3)CC2)cc1. The predicted octanol–water partition coefficient (Wildman–Crippen LogP) is 2.22. The maximum atomic E-state index is 12.4. The normalized spacial score (nSPS) is 15.8. The van der Waals surface area contributed by atoms with Gasteiger partial charge in [-0.15, -0.1) is 0 Å². The molecule has 1 N–H and O–H groups in total. The van der Waals surface area contributed by atoms with Crippen LogP contribution in [0.1, 0.15) is 28.8 Å². The molecule has 0 radical (unpaired) electrons. The molecule has 0 unspecified atom stereocenters. The molecule has 1 fully saturated rings. The average molecular weight is 373 g/mol. The average Bonchev–Trinajstić information content (AvgIpc) is 2.67. The number of aryl methyl sites for hydroxylation is 1. The fourth-order valence-corrected chi connectivity index (χ4v) is 4.16. The van der Waals surface area contributed by atoms with Crippen molar-refractivity contribution in [1.29, 1.82) is 0 Å². The van der Waals surface area contributed by atoms with Gasteiger partial charge in [0.1, 0.15) is 0 Å². The number of rotatable bonds is 5. The molecule has 1 amide bonds. The third-order valence-corrected chi connectivity index (χ3v) is 6.14. The number of pyridine rings is 1. The van der Waals surface area contributed by atoms with Crippen molar-refractivity contribution in [3.05, 3.63) is 59.9 Å². The number of carbonyl (C=O) groups excluding carboxylic acids is 1. The third kappa shape index (κ3) is 4.47. The largest absolute Gasteiger partial charge is 0.339 e. The Bertz CT molecular complexity index is 843. The lowest BCUT2D eigenvalue weighted by molar-refractivity contribution is 0.0691. The van der Waals surface area contributed by atoms with E-state index >= 15 is 0 Å². The molecule has 0 aliphatic carbocycles. The molecular weight excluding hydrogens is 350 g/mol. The third-order valence-electron chi connectivity index (χ3n) is 4.70. The molecule has 1 aliphatic heterocycles. The summed E-state index contributed by atoms with van der Waals surface area (Å²) in [5.74, 6) is 0.213. The molecule has 138 valence electrons. The van der Waals surface area contributed by atoms with Crippen LogP contribution in [0.4, 0.5) is 0 Å². The molecule has 0 bridgehead atoms. The molecule has 0 saturated carbocycles. The van der Waals surface area contributed by atoms with Crippen LogP contribution in [0.15, 0.2) is 53.7 Å². The van der Waals surface area contributed by atoms with Crippen LogP contribution in [0.25, 0.3) is 0 Å². The van der Waals surface area contributed by atoms with E-state index in [1.165, 1.54) is 0 Å². The van der Waals surface area contributed by atoms with E-state index in [1.54, 1.807) is 48.8 Å². The maximum absolute atomic E-state index is 12.4. The van der Waals surface area contributed by atoms with Crippen molar-refractivity contribution >= 4 is 15.9 Å². The van der Waals surface area contributed by atoms with Crippen molar-refractivity contribution in [3.8, 4) is 0 Å². The van der Waals surface area contributed by atoms with Gasteiger partial charge in [-0.05, 0) is 49.9 Å². The molecule has 0 atom stereocenters. The van der Waals surface area contributed by atoms with Gasteiger partial charge in [-0.2, -0.15) is 0 Å². The van der Waals surface area contributed by atoms with Crippen LogP contribution < -0.4 is 4.72 Å². The van der Waals surface area contributed by atoms with E-state index in [1.807, 2.05) is 11.8 Å². The Balaban J connectivity index is 1.51. The Morgan fingerprint density at radius 1 is 1.19 bits per heavy atom. The molecule has 1 aromatic carbocycles. The minimum absolute atomic E-state index is 0.0169. The van der Waals surface area contributed by atoms with Crippen molar-refractivity contribution in [1.82, 2.24) is 14.6 Å². The van der Waals surface area contributed by atoms with E-state index in [9.17, 15) is 13.2 Å². The highest BCUT2D eigenvalue weighted by molar-refractivity contribution is 7.89. The summed E-state index contributed by atoms with van der Waals surface area (Å²) in [5, 5.41) is 0. The van der Waals surface area contributed by atoms with Crippen LogP contribution in [0.2, 0.25) is 0 Å². The first-order chi connectivity index (χ1) is 12.5. The summed E-state index contributed by atoms with van der Waals surface area (Å²) in [6, 6.07) is 10.3. The van der Waals surface area contributed by atoms with Gasteiger partial charge in [-0.1, -0.05) is 17.7 Å². The van der Waals surface area contributed by atoms with E-state index in [4.69, 9.17) is 0 Å². The Kier molecular flexibility index (Phi) is 5.68. The quantitative estimate of drug-likeness (QED) is 0.872. The monoisotopic (exact) mass is 373 g/mol. The van der Waals surface area contributed by atoms with Crippen molar-refractivity contribution in [3.63, 3.8) is 0 Å². The first kappa shape index (κ1) is 18.5. The van der Waals surface area contributed by atoms with Gasteiger partial charge in [-0.3, -0.25) is 9.78 Å². The highest BCUT2D eigenvalue weighted by Crippen LogP contribution is 2.19.